The molecular formula is C26H27N7. The minimum atomic E-state index is 0.506. The molecule has 2 aromatic carbocycles. The molecule has 7 nitrogen and oxygen atoms in total. The molecule has 0 unspecified atom stereocenters. The third-order valence-corrected chi connectivity index (χ3v) is 7.94. The van der Waals surface area contributed by atoms with E-state index in [4.69, 9.17) is 4.98 Å². The summed E-state index contributed by atoms with van der Waals surface area (Å²) in [4.78, 5) is 5.33. The third-order valence-electron chi connectivity index (χ3n) is 7.94. The fraction of sp³-hybridized carbons (Fsp3) is 0.346. The molecule has 2 fully saturated rings. The van der Waals surface area contributed by atoms with E-state index in [0.29, 0.717) is 11.3 Å². The maximum Gasteiger partial charge on any atom is 0.112 e. The zero-order valence-corrected chi connectivity index (χ0v) is 19.2. The molecule has 7 rings (SSSR count). The van der Waals surface area contributed by atoms with Crippen LogP contribution in [0.1, 0.15) is 30.1 Å². The Balaban J connectivity index is 1.46. The fourth-order valence-electron chi connectivity index (χ4n) is 6.06. The Labute approximate surface area is 191 Å². The van der Waals surface area contributed by atoms with Crippen LogP contribution in [-0.2, 0) is 14.1 Å². The van der Waals surface area contributed by atoms with Gasteiger partial charge in [0, 0.05) is 55.0 Å². The predicted octanol–water partition coefficient (Wildman–Crippen LogP) is 4.29. The molecule has 166 valence electrons. The van der Waals surface area contributed by atoms with Crippen LogP contribution >= 0.6 is 0 Å². The van der Waals surface area contributed by atoms with E-state index < -0.39 is 0 Å². The van der Waals surface area contributed by atoms with Crippen molar-refractivity contribution in [1.82, 2.24) is 34.8 Å². The summed E-state index contributed by atoms with van der Waals surface area (Å²) in [5.74, 6) is 1.71. The molecule has 1 aliphatic carbocycles. The van der Waals surface area contributed by atoms with Crippen LogP contribution in [0.15, 0.2) is 42.7 Å². The van der Waals surface area contributed by atoms with Gasteiger partial charge >= 0.3 is 0 Å². The zero-order valence-electron chi connectivity index (χ0n) is 19.2. The van der Waals surface area contributed by atoms with Crippen LogP contribution in [0.3, 0.4) is 0 Å². The van der Waals surface area contributed by atoms with Gasteiger partial charge in [-0.25, -0.2) is 4.98 Å². The second-order valence-corrected chi connectivity index (χ2v) is 10.1. The molecule has 1 saturated heterocycles. The van der Waals surface area contributed by atoms with Crippen molar-refractivity contribution in [1.29, 1.82) is 0 Å². The molecule has 33 heavy (non-hydrogen) atoms. The van der Waals surface area contributed by atoms with Gasteiger partial charge in [0.25, 0.3) is 0 Å². The first-order valence-corrected chi connectivity index (χ1v) is 11.7. The lowest BCUT2D eigenvalue weighted by atomic mass is 9.58. The van der Waals surface area contributed by atoms with Crippen LogP contribution in [-0.4, -0.2) is 42.6 Å². The molecule has 0 amide bonds. The van der Waals surface area contributed by atoms with Crippen LogP contribution in [0.2, 0.25) is 0 Å². The highest BCUT2D eigenvalue weighted by atomic mass is 15.2. The Morgan fingerprint density at radius 3 is 2.70 bits per heavy atom. The van der Waals surface area contributed by atoms with Gasteiger partial charge in [-0.3, -0.25) is 9.78 Å². The molecule has 1 saturated carbocycles. The first kappa shape index (κ1) is 19.1. The Kier molecular flexibility index (Phi) is 3.78. The summed E-state index contributed by atoms with van der Waals surface area (Å²) in [7, 11) is 4.17. The molecule has 2 aliphatic rings. The molecule has 0 radical (unpaired) electrons. The topological polar surface area (TPSA) is 76.3 Å². The van der Waals surface area contributed by atoms with Crippen molar-refractivity contribution in [2.45, 2.75) is 25.7 Å². The quantitative estimate of drug-likeness (QED) is 0.441. The Morgan fingerprint density at radius 1 is 1.06 bits per heavy atom. The molecule has 4 heterocycles. The van der Waals surface area contributed by atoms with Crippen molar-refractivity contribution < 1.29 is 0 Å². The van der Waals surface area contributed by atoms with Gasteiger partial charge in [0.05, 0.1) is 34.8 Å². The average Bonchev–Trinajstić information content (AvgIpc) is 3.45. The Bertz CT molecular complexity index is 1540. The summed E-state index contributed by atoms with van der Waals surface area (Å²) in [6.45, 7) is 4.48. The van der Waals surface area contributed by atoms with E-state index >= 15 is 0 Å². The van der Waals surface area contributed by atoms with Crippen molar-refractivity contribution in [3.8, 4) is 22.5 Å². The number of imidazole rings is 1. The van der Waals surface area contributed by atoms with Crippen molar-refractivity contribution in [3.63, 3.8) is 0 Å². The number of nitrogens with zero attached hydrogens (tertiary/aromatic N) is 5. The van der Waals surface area contributed by atoms with E-state index in [2.05, 4.69) is 69.5 Å². The third kappa shape index (κ3) is 2.63. The van der Waals surface area contributed by atoms with E-state index in [9.17, 15) is 0 Å². The number of fused-ring (bicyclic) bond motifs is 2. The standard InChI is InChI=1S/C26H27N7/c1-15-4-6-20-19(12-28-31-20)22(15)24-23(16-5-7-21-17(8-16)11-29-33(21)3)30-25(32(24)2)18-9-26(10-18)13-27-14-26/h4-8,11-12,18,27H,9-10,13-14H2,1-3H3,(H,28,31). The number of hydrogen-bond acceptors (Lipinski definition) is 4. The van der Waals surface area contributed by atoms with Crippen LogP contribution in [0.5, 0.6) is 0 Å². The van der Waals surface area contributed by atoms with Gasteiger partial charge in [-0.05, 0) is 48.9 Å². The molecule has 0 atom stereocenters. The van der Waals surface area contributed by atoms with Crippen molar-refractivity contribution in [2.75, 3.05) is 13.1 Å². The van der Waals surface area contributed by atoms with Crippen LogP contribution in [0, 0.1) is 12.3 Å². The number of rotatable bonds is 3. The first-order chi connectivity index (χ1) is 16.0. The van der Waals surface area contributed by atoms with Crippen LogP contribution in [0.4, 0.5) is 0 Å². The van der Waals surface area contributed by atoms with Gasteiger partial charge in [0.2, 0.25) is 0 Å². The summed E-state index contributed by atoms with van der Waals surface area (Å²) in [6.07, 6.45) is 6.32. The molecule has 3 aromatic heterocycles. The monoisotopic (exact) mass is 437 g/mol. The Hall–Kier alpha value is -3.45. The van der Waals surface area contributed by atoms with Gasteiger partial charge in [0.15, 0.2) is 0 Å². The molecule has 1 spiro atoms. The number of benzene rings is 2. The SMILES string of the molecule is Cc1ccc2[nH]ncc2c1-c1c(-c2ccc3c(cnn3C)c2)nc(C2CC3(CNC3)C2)n1C. The smallest absolute Gasteiger partial charge is 0.112 e. The summed E-state index contributed by atoms with van der Waals surface area (Å²) in [6, 6.07) is 10.8. The molecule has 5 aromatic rings. The Morgan fingerprint density at radius 2 is 1.91 bits per heavy atom. The van der Waals surface area contributed by atoms with E-state index in [1.807, 2.05) is 24.1 Å². The highest BCUT2D eigenvalue weighted by Crippen LogP contribution is 2.54. The maximum absolute atomic E-state index is 5.33. The van der Waals surface area contributed by atoms with Crippen LogP contribution in [0.25, 0.3) is 44.3 Å². The molecular weight excluding hydrogens is 410 g/mol. The van der Waals surface area contributed by atoms with Gasteiger partial charge in [-0.2, -0.15) is 10.2 Å². The van der Waals surface area contributed by atoms with Gasteiger partial charge in [-0.15, -0.1) is 0 Å². The van der Waals surface area contributed by atoms with E-state index in [1.54, 1.807) is 0 Å². The second-order valence-electron chi connectivity index (χ2n) is 10.1. The van der Waals surface area contributed by atoms with E-state index in [-0.39, 0.29) is 0 Å². The van der Waals surface area contributed by atoms with Gasteiger partial charge < -0.3 is 9.88 Å². The molecule has 0 bridgehead atoms. The summed E-state index contributed by atoms with van der Waals surface area (Å²) in [5, 5.41) is 17.6. The molecule has 7 heteroatoms. The number of aromatic amines is 1. The van der Waals surface area contributed by atoms with Crippen molar-refractivity contribution in [3.05, 3.63) is 54.1 Å². The normalized spacial score (nSPS) is 17.7. The number of aryl methyl sites for hydroxylation is 2. The molecule has 2 N–H and O–H groups in total. The van der Waals surface area contributed by atoms with Gasteiger partial charge in [-0.1, -0.05) is 12.1 Å². The zero-order chi connectivity index (χ0) is 22.3. The lowest BCUT2D eigenvalue weighted by molar-refractivity contribution is 0.0321. The molecule has 1 aliphatic heterocycles. The van der Waals surface area contributed by atoms with Gasteiger partial charge in [0.1, 0.15) is 5.82 Å². The first-order valence-electron chi connectivity index (χ1n) is 11.7. The highest BCUT2D eigenvalue weighted by Gasteiger charge is 2.50. The summed E-state index contributed by atoms with van der Waals surface area (Å²) in [5.41, 5.74) is 8.47. The average molecular weight is 438 g/mol. The predicted molar refractivity (Wildman–Crippen MR) is 130 cm³/mol. The minimum absolute atomic E-state index is 0.506. The largest absolute Gasteiger partial charge is 0.330 e. The maximum atomic E-state index is 5.33. The van der Waals surface area contributed by atoms with Crippen molar-refractivity contribution in [2.24, 2.45) is 19.5 Å². The minimum Gasteiger partial charge on any atom is -0.330 e. The summed E-state index contributed by atoms with van der Waals surface area (Å²) >= 11 is 0. The lowest BCUT2D eigenvalue weighted by Gasteiger charge is -2.54. The number of nitrogens with one attached hydrogen (secondary N) is 2. The lowest BCUT2D eigenvalue weighted by Crippen LogP contribution is -2.59. The highest BCUT2D eigenvalue weighted by molar-refractivity contribution is 5.99. The van der Waals surface area contributed by atoms with E-state index in [1.165, 1.54) is 35.5 Å². The van der Waals surface area contributed by atoms with Crippen molar-refractivity contribution >= 4 is 21.8 Å². The number of aromatic nitrogens is 6. The van der Waals surface area contributed by atoms with E-state index in [0.717, 1.165) is 46.2 Å². The number of hydrogen-bond donors (Lipinski definition) is 2. The fourth-order valence-corrected chi connectivity index (χ4v) is 6.06. The second kappa shape index (κ2) is 6.54. The van der Waals surface area contributed by atoms with Crippen LogP contribution < -0.4 is 5.32 Å². The summed E-state index contributed by atoms with van der Waals surface area (Å²) < 4.78 is 4.27. The number of H-pyrrole nitrogens is 1.